The number of hydrogen-bond donors (Lipinski definition) is 1. The molecule has 2 aliphatic heterocycles. The SMILES string of the molecule is COc1ccc([C@H](CNC(=O)c2ccc3c(c2)C[C@@H](c2ccccc2)OC3=O)N2CCOCC2)cc1. The van der Waals surface area contributed by atoms with Crippen molar-refractivity contribution in [1.29, 1.82) is 0 Å². The number of hydrogen-bond acceptors (Lipinski definition) is 6. The lowest BCUT2D eigenvalue weighted by molar-refractivity contribution is 0.0162. The Morgan fingerprint density at radius 1 is 1.06 bits per heavy atom. The number of fused-ring (bicyclic) bond motifs is 1. The van der Waals surface area contributed by atoms with Gasteiger partial charge in [-0.2, -0.15) is 0 Å². The van der Waals surface area contributed by atoms with Gasteiger partial charge in [0.25, 0.3) is 5.91 Å². The number of carbonyl (C=O) groups excluding carboxylic acids is 2. The van der Waals surface area contributed by atoms with Crippen LogP contribution in [0.25, 0.3) is 0 Å². The number of esters is 1. The third-order valence-electron chi connectivity index (χ3n) is 6.86. The van der Waals surface area contributed by atoms with E-state index >= 15 is 0 Å². The van der Waals surface area contributed by atoms with Crippen molar-refractivity contribution in [2.45, 2.75) is 18.6 Å². The number of cyclic esters (lactones) is 1. The second-order valence-corrected chi connectivity index (χ2v) is 9.03. The number of methoxy groups -OCH3 is 1. The largest absolute Gasteiger partial charge is 0.497 e. The molecule has 7 nitrogen and oxygen atoms in total. The van der Waals surface area contributed by atoms with E-state index in [0.29, 0.717) is 37.3 Å². The van der Waals surface area contributed by atoms with Gasteiger partial charge in [0.1, 0.15) is 11.9 Å². The van der Waals surface area contributed by atoms with Crippen molar-refractivity contribution in [3.05, 3.63) is 101 Å². The molecule has 7 heteroatoms. The number of benzene rings is 3. The number of ether oxygens (including phenoxy) is 3. The van der Waals surface area contributed by atoms with Gasteiger partial charge in [-0.15, -0.1) is 0 Å². The molecule has 186 valence electrons. The van der Waals surface area contributed by atoms with Gasteiger partial charge < -0.3 is 19.5 Å². The summed E-state index contributed by atoms with van der Waals surface area (Å²) in [7, 11) is 1.65. The first-order valence-electron chi connectivity index (χ1n) is 12.2. The predicted molar refractivity (Wildman–Crippen MR) is 135 cm³/mol. The van der Waals surface area contributed by atoms with Crippen LogP contribution in [0.2, 0.25) is 0 Å². The maximum absolute atomic E-state index is 13.2. The minimum absolute atomic E-state index is 0.0128. The van der Waals surface area contributed by atoms with Crippen molar-refractivity contribution in [3.8, 4) is 5.75 Å². The van der Waals surface area contributed by atoms with Gasteiger partial charge in [0.15, 0.2) is 0 Å². The molecule has 0 aliphatic carbocycles. The molecule has 0 unspecified atom stereocenters. The highest BCUT2D eigenvalue weighted by Gasteiger charge is 2.29. The van der Waals surface area contributed by atoms with Crippen LogP contribution in [0.3, 0.4) is 0 Å². The molecule has 1 fully saturated rings. The summed E-state index contributed by atoms with van der Waals surface area (Å²) in [6, 6.07) is 22.9. The molecular weight excluding hydrogens is 456 g/mol. The van der Waals surface area contributed by atoms with Crippen LogP contribution in [0.5, 0.6) is 5.75 Å². The molecule has 5 rings (SSSR count). The molecule has 2 atom stereocenters. The summed E-state index contributed by atoms with van der Waals surface area (Å²) >= 11 is 0. The molecule has 0 spiro atoms. The van der Waals surface area contributed by atoms with Gasteiger partial charge >= 0.3 is 5.97 Å². The van der Waals surface area contributed by atoms with Crippen LogP contribution in [-0.4, -0.2) is 56.7 Å². The zero-order chi connectivity index (χ0) is 24.9. The Kier molecular flexibility index (Phi) is 7.30. The molecule has 1 saturated heterocycles. The van der Waals surface area contributed by atoms with E-state index in [1.165, 1.54) is 0 Å². The van der Waals surface area contributed by atoms with Crippen molar-refractivity contribution >= 4 is 11.9 Å². The van der Waals surface area contributed by atoms with Gasteiger partial charge in [-0.25, -0.2) is 4.79 Å². The smallest absolute Gasteiger partial charge is 0.339 e. The van der Waals surface area contributed by atoms with Gasteiger partial charge in [-0.3, -0.25) is 9.69 Å². The number of nitrogens with one attached hydrogen (secondary N) is 1. The van der Waals surface area contributed by atoms with Crippen molar-refractivity contribution in [3.63, 3.8) is 0 Å². The molecule has 0 radical (unpaired) electrons. The molecule has 3 aromatic rings. The van der Waals surface area contributed by atoms with Crippen LogP contribution < -0.4 is 10.1 Å². The fraction of sp³-hybridized carbons (Fsp3) is 0.310. The van der Waals surface area contributed by atoms with E-state index in [2.05, 4.69) is 10.2 Å². The Labute approximate surface area is 211 Å². The molecule has 2 aliphatic rings. The maximum atomic E-state index is 13.2. The van der Waals surface area contributed by atoms with Gasteiger partial charge in [0, 0.05) is 31.6 Å². The highest BCUT2D eigenvalue weighted by molar-refractivity contribution is 5.97. The average Bonchev–Trinajstić information content (AvgIpc) is 2.94. The van der Waals surface area contributed by atoms with Crippen molar-refractivity contribution in [2.75, 3.05) is 40.0 Å². The number of morpholine rings is 1. The van der Waals surface area contributed by atoms with Crippen LogP contribution in [0.4, 0.5) is 0 Å². The fourth-order valence-corrected chi connectivity index (χ4v) is 4.86. The van der Waals surface area contributed by atoms with E-state index in [4.69, 9.17) is 14.2 Å². The number of amides is 1. The van der Waals surface area contributed by atoms with E-state index in [9.17, 15) is 9.59 Å². The van der Waals surface area contributed by atoms with Crippen molar-refractivity contribution in [1.82, 2.24) is 10.2 Å². The van der Waals surface area contributed by atoms with Gasteiger partial charge in [-0.1, -0.05) is 42.5 Å². The lowest BCUT2D eigenvalue weighted by atomic mass is 9.93. The lowest BCUT2D eigenvalue weighted by Crippen LogP contribution is -2.43. The Morgan fingerprint density at radius 2 is 1.81 bits per heavy atom. The van der Waals surface area contributed by atoms with Crippen LogP contribution >= 0.6 is 0 Å². The zero-order valence-corrected chi connectivity index (χ0v) is 20.3. The maximum Gasteiger partial charge on any atom is 0.339 e. The highest BCUT2D eigenvalue weighted by atomic mass is 16.5. The second-order valence-electron chi connectivity index (χ2n) is 9.03. The van der Waals surface area contributed by atoms with Gasteiger partial charge in [0.2, 0.25) is 0 Å². The Hall–Kier alpha value is -3.68. The lowest BCUT2D eigenvalue weighted by Gasteiger charge is -2.35. The number of rotatable bonds is 7. The summed E-state index contributed by atoms with van der Waals surface area (Å²) < 4.78 is 16.5. The van der Waals surface area contributed by atoms with E-state index in [1.54, 1.807) is 19.2 Å². The first kappa shape index (κ1) is 24.0. The molecule has 0 bridgehead atoms. The molecule has 36 heavy (non-hydrogen) atoms. The summed E-state index contributed by atoms with van der Waals surface area (Å²) in [4.78, 5) is 28.1. The molecule has 3 aromatic carbocycles. The fourth-order valence-electron chi connectivity index (χ4n) is 4.86. The minimum atomic E-state index is -0.357. The summed E-state index contributed by atoms with van der Waals surface area (Å²) in [5.41, 5.74) is 3.93. The first-order chi connectivity index (χ1) is 17.6. The summed E-state index contributed by atoms with van der Waals surface area (Å²) in [5, 5.41) is 3.12. The highest BCUT2D eigenvalue weighted by Crippen LogP contribution is 2.31. The minimum Gasteiger partial charge on any atom is -0.497 e. The predicted octanol–water partition coefficient (Wildman–Crippen LogP) is 3.95. The van der Waals surface area contributed by atoms with Crippen LogP contribution in [0.1, 0.15) is 49.6 Å². The summed E-state index contributed by atoms with van der Waals surface area (Å²) in [5.74, 6) is 0.272. The van der Waals surface area contributed by atoms with E-state index < -0.39 is 0 Å². The molecule has 1 N–H and O–H groups in total. The topological polar surface area (TPSA) is 77.1 Å². The molecule has 0 saturated carbocycles. The van der Waals surface area contributed by atoms with E-state index in [1.807, 2.05) is 60.7 Å². The Bertz CT molecular complexity index is 1210. The van der Waals surface area contributed by atoms with Gasteiger partial charge in [-0.05, 0) is 47.0 Å². The number of nitrogens with zero attached hydrogens (tertiary/aromatic N) is 1. The van der Waals surface area contributed by atoms with Crippen molar-refractivity contribution < 1.29 is 23.8 Å². The molecule has 2 heterocycles. The van der Waals surface area contributed by atoms with Gasteiger partial charge in [0.05, 0.1) is 31.9 Å². The summed E-state index contributed by atoms with van der Waals surface area (Å²) in [6.45, 7) is 3.40. The van der Waals surface area contributed by atoms with Crippen molar-refractivity contribution in [2.24, 2.45) is 0 Å². The third-order valence-corrected chi connectivity index (χ3v) is 6.86. The second kappa shape index (κ2) is 10.9. The zero-order valence-electron chi connectivity index (χ0n) is 20.3. The quantitative estimate of drug-likeness (QED) is 0.510. The normalized spacial score (nSPS) is 18.6. The van der Waals surface area contributed by atoms with Crippen LogP contribution in [0, 0.1) is 0 Å². The molecular formula is C29H30N2O5. The number of carbonyl (C=O) groups is 2. The molecule has 1 amide bonds. The third kappa shape index (κ3) is 5.27. The summed E-state index contributed by atoms with van der Waals surface area (Å²) in [6.07, 6.45) is 0.180. The average molecular weight is 487 g/mol. The monoisotopic (exact) mass is 486 g/mol. The van der Waals surface area contributed by atoms with Crippen LogP contribution in [0.15, 0.2) is 72.8 Å². The first-order valence-corrected chi connectivity index (χ1v) is 12.2. The Morgan fingerprint density at radius 3 is 2.53 bits per heavy atom. The standard InChI is InChI=1S/C29H30N2O5/c1-34-24-10-7-20(8-11-24)26(31-13-15-35-16-14-31)19-30-28(32)22-9-12-25-23(17-22)18-27(36-29(25)33)21-5-3-2-4-6-21/h2-12,17,26-27H,13-16,18-19H2,1H3,(H,30,32)/t26-,27-/m0/s1. The van der Waals surface area contributed by atoms with E-state index in [0.717, 1.165) is 35.5 Å². The van der Waals surface area contributed by atoms with Crippen LogP contribution in [-0.2, 0) is 15.9 Å². The Balaban J connectivity index is 1.31. The van der Waals surface area contributed by atoms with E-state index in [-0.39, 0.29) is 24.0 Å². The molecule has 0 aromatic heterocycles.